The van der Waals surface area contributed by atoms with Crippen LogP contribution in [0.4, 0.5) is 5.69 Å². The van der Waals surface area contributed by atoms with Gasteiger partial charge in [0, 0.05) is 36.7 Å². The molecular formula is C15H18BrN3O. The molecule has 20 heavy (non-hydrogen) atoms. The summed E-state index contributed by atoms with van der Waals surface area (Å²) >= 11 is 3.59. The van der Waals surface area contributed by atoms with Crippen LogP contribution >= 0.6 is 15.9 Å². The molecule has 0 amide bonds. The van der Waals surface area contributed by atoms with E-state index in [-0.39, 0.29) is 0 Å². The fourth-order valence-corrected chi connectivity index (χ4v) is 3.66. The van der Waals surface area contributed by atoms with Gasteiger partial charge in [0.05, 0.1) is 30.5 Å². The summed E-state index contributed by atoms with van der Waals surface area (Å²) in [6.45, 7) is 5.95. The molecule has 0 bridgehead atoms. The highest BCUT2D eigenvalue weighted by atomic mass is 79.9. The number of nitrogens with zero attached hydrogens (tertiary/aromatic N) is 3. The van der Waals surface area contributed by atoms with Gasteiger partial charge in [-0.3, -0.25) is 4.90 Å². The van der Waals surface area contributed by atoms with E-state index in [0.717, 1.165) is 43.9 Å². The second kappa shape index (κ2) is 6.13. The van der Waals surface area contributed by atoms with Gasteiger partial charge in [0.1, 0.15) is 0 Å². The quantitative estimate of drug-likeness (QED) is 0.830. The van der Waals surface area contributed by atoms with E-state index in [2.05, 4.69) is 31.8 Å². The van der Waals surface area contributed by atoms with Crippen molar-refractivity contribution < 1.29 is 4.74 Å². The van der Waals surface area contributed by atoms with Crippen LogP contribution in [0.25, 0.3) is 0 Å². The van der Waals surface area contributed by atoms with Crippen LogP contribution < -0.4 is 4.90 Å². The van der Waals surface area contributed by atoms with Crippen molar-refractivity contribution in [2.75, 3.05) is 44.3 Å². The number of anilines is 1. The molecule has 0 spiro atoms. The summed E-state index contributed by atoms with van der Waals surface area (Å²) in [5, 5.41) is 8.93. The lowest BCUT2D eigenvalue weighted by atomic mass is 10.2. The highest BCUT2D eigenvalue weighted by Gasteiger charge is 2.29. The first-order valence-corrected chi connectivity index (χ1v) is 7.83. The molecule has 3 rings (SSSR count). The lowest BCUT2D eigenvalue weighted by molar-refractivity contribution is 0.0209. The van der Waals surface area contributed by atoms with Crippen molar-refractivity contribution in [1.29, 1.82) is 5.26 Å². The molecule has 2 fully saturated rings. The molecule has 0 N–H and O–H groups in total. The molecule has 4 nitrogen and oxygen atoms in total. The molecular weight excluding hydrogens is 318 g/mol. The third-order valence-electron chi connectivity index (χ3n) is 4.14. The lowest BCUT2D eigenvalue weighted by Crippen LogP contribution is -2.44. The van der Waals surface area contributed by atoms with Gasteiger partial charge < -0.3 is 9.64 Å². The highest BCUT2D eigenvalue weighted by molar-refractivity contribution is 9.10. The topological polar surface area (TPSA) is 39.5 Å². The van der Waals surface area contributed by atoms with E-state index in [1.165, 1.54) is 12.1 Å². The predicted molar refractivity (Wildman–Crippen MR) is 81.9 cm³/mol. The van der Waals surface area contributed by atoms with Gasteiger partial charge in [-0.15, -0.1) is 0 Å². The Morgan fingerprint density at radius 1 is 1.25 bits per heavy atom. The van der Waals surface area contributed by atoms with Gasteiger partial charge >= 0.3 is 0 Å². The molecule has 2 aliphatic heterocycles. The van der Waals surface area contributed by atoms with Crippen LogP contribution in [0.2, 0.25) is 0 Å². The third kappa shape index (κ3) is 2.83. The van der Waals surface area contributed by atoms with Crippen molar-refractivity contribution in [1.82, 2.24) is 4.90 Å². The van der Waals surface area contributed by atoms with Crippen LogP contribution in [0.5, 0.6) is 0 Å². The van der Waals surface area contributed by atoms with E-state index in [9.17, 15) is 0 Å². The number of hydrogen-bond donors (Lipinski definition) is 0. The molecule has 1 aromatic carbocycles. The Hall–Kier alpha value is -1.09. The molecule has 106 valence electrons. The van der Waals surface area contributed by atoms with Crippen molar-refractivity contribution in [3.63, 3.8) is 0 Å². The van der Waals surface area contributed by atoms with Gasteiger partial charge in [-0.2, -0.15) is 5.26 Å². The summed E-state index contributed by atoms with van der Waals surface area (Å²) in [5.41, 5.74) is 1.89. The number of ether oxygens (including phenoxy) is 1. The maximum atomic E-state index is 8.93. The first-order valence-electron chi connectivity index (χ1n) is 7.04. The zero-order chi connectivity index (χ0) is 13.9. The van der Waals surface area contributed by atoms with E-state index >= 15 is 0 Å². The Morgan fingerprint density at radius 3 is 2.75 bits per heavy atom. The fourth-order valence-electron chi connectivity index (χ4n) is 3.03. The second-order valence-electron chi connectivity index (χ2n) is 5.31. The molecule has 2 heterocycles. The monoisotopic (exact) mass is 335 g/mol. The normalized spacial score (nSPS) is 23.8. The summed E-state index contributed by atoms with van der Waals surface area (Å²) in [6.07, 6.45) is 1.20. The first kappa shape index (κ1) is 13.9. The minimum absolute atomic E-state index is 0.626. The maximum Gasteiger partial charge on any atom is 0.0992 e. The SMILES string of the molecule is N#Cc1ccc(N2CCC(N3CCOCC3)C2)c(Br)c1. The van der Waals surface area contributed by atoms with Gasteiger partial charge in [0.25, 0.3) is 0 Å². The number of rotatable bonds is 2. The van der Waals surface area contributed by atoms with Crippen molar-refractivity contribution in [3.8, 4) is 6.07 Å². The van der Waals surface area contributed by atoms with E-state index in [0.29, 0.717) is 11.6 Å². The number of nitriles is 1. The van der Waals surface area contributed by atoms with E-state index in [1.807, 2.05) is 18.2 Å². The summed E-state index contributed by atoms with van der Waals surface area (Å²) in [4.78, 5) is 4.95. The molecule has 5 heteroatoms. The minimum atomic E-state index is 0.626. The van der Waals surface area contributed by atoms with E-state index < -0.39 is 0 Å². The van der Waals surface area contributed by atoms with Crippen molar-refractivity contribution in [3.05, 3.63) is 28.2 Å². The Bertz CT molecular complexity index is 522. The number of hydrogen-bond acceptors (Lipinski definition) is 4. The Balaban J connectivity index is 1.69. The Morgan fingerprint density at radius 2 is 2.05 bits per heavy atom. The summed E-state index contributed by atoms with van der Waals surface area (Å²) in [6, 6.07) is 8.64. The molecule has 1 atom stereocenters. The largest absolute Gasteiger partial charge is 0.379 e. The molecule has 0 aromatic heterocycles. The smallest absolute Gasteiger partial charge is 0.0992 e. The van der Waals surface area contributed by atoms with Crippen molar-refractivity contribution in [2.45, 2.75) is 12.5 Å². The van der Waals surface area contributed by atoms with E-state index in [1.54, 1.807) is 0 Å². The first-order chi connectivity index (χ1) is 9.78. The minimum Gasteiger partial charge on any atom is -0.379 e. The fraction of sp³-hybridized carbons (Fsp3) is 0.533. The van der Waals surface area contributed by atoms with E-state index in [4.69, 9.17) is 10.00 Å². The molecule has 1 unspecified atom stereocenters. The molecule has 1 aromatic rings. The third-order valence-corrected chi connectivity index (χ3v) is 4.78. The van der Waals surface area contributed by atoms with Gasteiger partial charge in [-0.25, -0.2) is 0 Å². The molecule has 0 saturated carbocycles. The number of morpholine rings is 1. The average Bonchev–Trinajstić information content (AvgIpc) is 2.97. The lowest BCUT2D eigenvalue weighted by Gasteiger charge is -2.32. The van der Waals surface area contributed by atoms with Gasteiger partial charge in [0.2, 0.25) is 0 Å². The summed E-state index contributed by atoms with van der Waals surface area (Å²) in [5.74, 6) is 0. The van der Waals surface area contributed by atoms with Gasteiger partial charge in [0.15, 0.2) is 0 Å². The zero-order valence-corrected chi connectivity index (χ0v) is 13.0. The van der Waals surface area contributed by atoms with Crippen LogP contribution in [0.1, 0.15) is 12.0 Å². The summed E-state index contributed by atoms with van der Waals surface area (Å²) < 4.78 is 6.44. The average molecular weight is 336 g/mol. The number of halogens is 1. The predicted octanol–water partition coefficient (Wildman–Crippen LogP) is 2.23. The van der Waals surface area contributed by atoms with Crippen molar-refractivity contribution >= 4 is 21.6 Å². The molecule has 0 aliphatic carbocycles. The van der Waals surface area contributed by atoms with Crippen LogP contribution in [0, 0.1) is 11.3 Å². The van der Waals surface area contributed by atoms with Gasteiger partial charge in [-0.05, 0) is 40.5 Å². The summed E-state index contributed by atoms with van der Waals surface area (Å²) in [7, 11) is 0. The number of benzene rings is 1. The standard InChI is InChI=1S/C15H18BrN3O/c16-14-9-12(10-17)1-2-15(14)19-4-3-13(11-19)18-5-7-20-8-6-18/h1-2,9,13H,3-8,11H2. The highest BCUT2D eigenvalue weighted by Crippen LogP contribution is 2.31. The zero-order valence-electron chi connectivity index (χ0n) is 11.4. The molecule has 2 saturated heterocycles. The second-order valence-corrected chi connectivity index (χ2v) is 6.17. The van der Waals surface area contributed by atoms with Gasteiger partial charge in [-0.1, -0.05) is 0 Å². The maximum absolute atomic E-state index is 8.93. The van der Waals surface area contributed by atoms with Crippen LogP contribution in [-0.2, 0) is 4.74 Å². The molecule has 0 radical (unpaired) electrons. The van der Waals surface area contributed by atoms with Crippen LogP contribution in [0.3, 0.4) is 0 Å². The van der Waals surface area contributed by atoms with Crippen molar-refractivity contribution in [2.24, 2.45) is 0 Å². The molecule has 2 aliphatic rings. The van der Waals surface area contributed by atoms with Crippen LogP contribution in [0.15, 0.2) is 22.7 Å². The van der Waals surface area contributed by atoms with Crippen LogP contribution in [-0.4, -0.2) is 50.3 Å². The Labute approximate surface area is 128 Å². The Kier molecular flexibility index (Phi) is 4.25.